The van der Waals surface area contributed by atoms with Gasteiger partial charge >= 0.3 is 5.69 Å². The van der Waals surface area contributed by atoms with Crippen molar-refractivity contribution < 1.29 is 19.1 Å². The molecule has 2 aromatic rings. The largest absolute Gasteiger partial charge is 0.497 e. The number of benzene rings is 2. The summed E-state index contributed by atoms with van der Waals surface area (Å²) in [7, 11) is 1.61. The summed E-state index contributed by atoms with van der Waals surface area (Å²) in [5.41, 5.74) is 0.813. The average Bonchev–Trinajstić information content (AvgIpc) is 2.56. The number of hydrogen-bond donors (Lipinski definition) is 0. The van der Waals surface area contributed by atoms with Crippen molar-refractivity contribution in [1.29, 1.82) is 0 Å². The molecule has 0 aliphatic carbocycles. The minimum Gasteiger partial charge on any atom is -0.497 e. The normalized spacial score (nSPS) is 10.2. The first-order chi connectivity index (χ1) is 11.1. The summed E-state index contributed by atoms with van der Waals surface area (Å²) in [6.07, 6.45) is 0.622. The summed E-state index contributed by atoms with van der Waals surface area (Å²) >= 11 is 0. The molecule has 6 heteroatoms. The van der Waals surface area contributed by atoms with Gasteiger partial charge in [0.25, 0.3) is 0 Å². The molecule has 2 aromatic carbocycles. The molecule has 0 aliphatic rings. The molecule has 0 saturated heterocycles. The highest BCUT2D eigenvalue weighted by Gasteiger charge is 2.14. The van der Waals surface area contributed by atoms with E-state index in [-0.39, 0.29) is 11.4 Å². The van der Waals surface area contributed by atoms with Crippen LogP contribution in [0.4, 0.5) is 5.69 Å². The fraction of sp³-hybridized carbons (Fsp3) is 0.294. The maximum Gasteiger partial charge on any atom is 0.311 e. The molecule has 0 heterocycles. The number of rotatable bonds is 8. The third-order valence-corrected chi connectivity index (χ3v) is 3.19. The number of aryl methyl sites for hydroxylation is 1. The lowest BCUT2D eigenvalue weighted by Gasteiger charge is -2.09. The zero-order valence-electron chi connectivity index (χ0n) is 13.2. The van der Waals surface area contributed by atoms with Gasteiger partial charge in [0.05, 0.1) is 25.2 Å². The molecule has 0 radical (unpaired) electrons. The van der Waals surface area contributed by atoms with Gasteiger partial charge in [0, 0.05) is 12.5 Å². The molecule has 0 spiro atoms. The first kappa shape index (κ1) is 16.6. The van der Waals surface area contributed by atoms with E-state index in [2.05, 4.69) is 0 Å². The number of nitro groups is 1. The molecule has 0 unspecified atom stereocenters. The maximum absolute atomic E-state index is 11.0. The summed E-state index contributed by atoms with van der Waals surface area (Å²) in [5.74, 6) is 1.80. The molecule has 122 valence electrons. The topological polar surface area (TPSA) is 70.8 Å². The van der Waals surface area contributed by atoms with E-state index in [4.69, 9.17) is 14.2 Å². The third-order valence-electron chi connectivity index (χ3n) is 3.19. The van der Waals surface area contributed by atoms with Gasteiger partial charge in [-0.3, -0.25) is 10.1 Å². The van der Waals surface area contributed by atoms with Gasteiger partial charge in [0.2, 0.25) is 0 Å². The van der Waals surface area contributed by atoms with Gasteiger partial charge in [0.1, 0.15) is 11.5 Å². The quantitative estimate of drug-likeness (QED) is 0.421. The molecule has 0 saturated carbocycles. The van der Waals surface area contributed by atoms with E-state index in [1.807, 2.05) is 24.3 Å². The zero-order valence-corrected chi connectivity index (χ0v) is 13.2. The number of methoxy groups -OCH3 is 1. The van der Waals surface area contributed by atoms with Crippen LogP contribution in [0.15, 0.2) is 42.5 Å². The molecule has 0 atom stereocenters. The van der Waals surface area contributed by atoms with Crippen molar-refractivity contribution in [3.8, 4) is 17.2 Å². The summed E-state index contributed by atoms with van der Waals surface area (Å²) in [4.78, 5) is 10.6. The summed E-state index contributed by atoms with van der Waals surface area (Å²) < 4.78 is 16.1. The maximum atomic E-state index is 11.0. The Labute approximate surface area is 134 Å². The molecular weight excluding hydrogens is 298 g/mol. The van der Waals surface area contributed by atoms with Crippen molar-refractivity contribution in [2.75, 3.05) is 20.3 Å². The molecule has 2 rings (SSSR count). The van der Waals surface area contributed by atoms with Gasteiger partial charge in [-0.2, -0.15) is 0 Å². The molecule has 0 aromatic heterocycles. The van der Waals surface area contributed by atoms with Crippen molar-refractivity contribution in [1.82, 2.24) is 0 Å². The van der Waals surface area contributed by atoms with E-state index in [1.54, 1.807) is 26.2 Å². The molecule has 0 amide bonds. The Kier molecular flexibility index (Phi) is 5.80. The number of nitro benzene ring substituents is 1. The Balaban J connectivity index is 1.78. The van der Waals surface area contributed by atoms with Crippen LogP contribution in [0.5, 0.6) is 17.2 Å². The van der Waals surface area contributed by atoms with E-state index < -0.39 is 4.92 Å². The Morgan fingerprint density at radius 2 is 1.65 bits per heavy atom. The van der Waals surface area contributed by atoms with Gasteiger partial charge in [-0.15, -0.1) is 0 Å². The predicted molar refractivity (Wildman–Crippen MR) is 86.4 cm³/mol. The molecule has 6 nitrogen and oxygen atoms in total. The van der Waals surface area contributed by atoms with E-state index in [0.29, 0.717) is 19.6 Å². The molecule has 23 heavy (non-hydrogen) atoms. The van der Waals surface area contributed by atoms with Crippen LogP contribution in [0.25, 0.3) is 0 Å². The van der Waals surface area contributed by atoms with Crippen molar-refractivity contribution >= 4 is 5.69 Å². The second kappa shape index (κ2) is 8.03. The highest BCUT2D eigenvalue weighted by molar-refractivity contribution is 5.48. The lowest BCUT2D eigenvalue weighted by atomic mass is 10.2. The van der Waals surface area contributed by atoms with E-state index in [1.165, 1.54) is 6.07 Å². The van der Waals surface area contributed by atoms with Crippen LogP contribution < -0.4 is 14.2 Å². The van der Waals surface area contributed by atoms with Crippen LogP contribution in [0.1, 0.15) is 12.0 Å². The predicted octanol–water partition coefficient (Wildman–Crippen LogP) is 3.76. The van der Waals surface area contributed by atoms with Gasteiger partial charge in [-0.05, 0) is 42.8 Å². The molecule has 0 aliphatic heterocycles. The first-order valence-electron chi connectivity index (χ1n) is 7.25. The molecule has 0 fully saturated rings. The third kappa shape index (κ3) is 4.88. The molecular formula is C17H19NO5. The Morgan fingerprint density at radius 3 is 2.30 bits per heavy atom. The van der Waals surface area contributed by atoms with Crippen molar-refractivity contribution in [3.63, 3.8) is 0 Å². The Morgan fingerprint density at radius 1 is 1.00 bits per heavy atom. The van der Waals surface area contributed by atoms with E-state index in [9.17, 15) is 10.1 Å². The highest BCUT2D eigenvalue weighted by Crippen LogP contribution is 2.27. The Bertz CT molecular complexity index is 655. The van der Waals surface area contributed by atoms with Crippen LogP contribution >= 0.6 is 0 Å². The Hall–Kier alpha value is -2.76. The minimum absolute atomic E-state index is 0.0129. The van der Waals surface area contributed by atoms with Crippen molar-refractivity contribution in [2.45, 2.75) is 13.3 Å². The summed E-state index contributed by atoms with van der Waals surface area (Å²) in [5, 5.41) is 11.0. The number of hydrogen-bond acceptors (Lipinski definition) is 5. The SMILES string of the molecule is COc1ccc(OCCCOc2ccc(C)cc2[N+](=O)[O-])cc1. The highest BCUT2D eigenvalue weighted by atomic mass is 16.6. The van der Waals surface area contributed by atoms with Crippen LogP contribution in [-0.4, -0.2) is 25.2 Å². The second-order valence-corrected chi connectivity index (χ2v) is 4.95. The minimum atomic E-state index is -0.434. The van der Waals surface area contributed by atoms with Crippen molar-refractivity contribution in [3.05, 3.63) is 58.1 Å². The van der Waals surface area contributed by atoms with Crippen molar-refractivity contribution in [2.24, 2.45) is 0 Å². The zero-order chi connectivity index (χ0) is 16.7. The van der Waals surface area contributed by atoms with Gasteiger partial charge in [0.15, 0.2) is 5.75 Å². The molecule has 0 bridgehead atoms. The lowest BCUT2D eigenvalue weighted by molar-refractivity contribution is -0.385. The second-order valence-electron chi connectivity index (χ2n) is 4.95. The number of ether oxygens (including phenoxy) is 3. The van der Waals surface area contributed by atoms with E-state index >= 15 is 0 Å². The smallest absolute Gasteiger partial charge is 0.311 e. The fourth-order valence-corrected chi connectivity index (χ4v) is 2.00. The fourth-order valence-electron chi connectivity index (χ4n) is 2.00. The number of nitrogens with zero attached hydrogens (tertiary/aromatic N) is 1. The summed E-state index contributed by atoms with van der Waals surface area (Å²) in [6.45, 7) is 2.62. The monoisotopic (exact) mass is 317 g/mol. The standard InChI is InChI=1S/C17H19NO5/c1-13-4-9-17(16(12-13)18(19)20)23-11-3-10-22-15-7-5-14(21-2)6-8-15/h4-9,12H,3,10-11H2,1-2H3. The lowest BCUT2D eigenvalue weighted by Crippen LogP contribution is -2.06. The average molecular weight is 317 g/mol. The van der Waals surface area contributed by atoms with Gasteiger partial charge in [-0.1, -0.05) is 6.07 Å². The van der Waals surface area contributed by atoms with Crippen LogP contribution in [0, 0.1) is 17.0 Å². The van der Waals surface area contributed by atoms with Crippen LogP contribution in [0.3, 0.4) is 0 Å². The van der Waals surface area contributed by atoms with Crippen LogP contribution in [0.2, 0.25) is 0 Å². The summed E-state index contributed by atoms with van der Waals surface area (Å²) in [6, 6.07) is 12.2. The first-order valence-corrected chi connectivity index (χ1v) is 7.25. The van der Waals surface area contributed by atoms with E-state index in [0.717, 1.165) is 17.1 Å². The van der Waals surface area contributed by atoms with Gasteiger partial charge < -0.3 is 14.2 Å². The molecule has 0 N–H and O–H groups in total. The van der Waals surface area contributed by atoms with Gasteiger partial charge in [-0.25, -0.2) is 0 Å². The van der Waals surface area contributed by atoms with Crippen LogP contribution in [-0.2, 0) is 0 Å².